The second-order valence-electron chi connectivity index (χ2n) is 6.90. The lowest BCUT2D eigenvalue weighted by Gasteiger charge is -2.47. The Hall–Kier alpha value is -1.06. The first-order valence-electron chi connectivity index (χ1n) is 8.67. The fraction of sp³-hybridized carbons (Fsp3) is 0.882. The van der Waals surface area contributed by atoms with Crippen molar-refractivity contribution in [3.63, 3.8) is 0 Å². The molecular formula is C17H30N2O2. The molecular weight excluding hydrogens is 264 g/mol. The zero-order valence-corrected chi connectivity index (χ0v) is 13.8. The Kier molecular flexibility index (Phi) is 5.28. The third kappa shape index (κ3) is 3.09. The lowest BCUT2D eigenvalue weighted by molar-refractivity contribution is -0.158. The van der Waals surface area contributed by atoms with Gasteiger partial charge in [-0.2, -0.15) is 0 Å². The number of rotatable bonds is 6. The molecule has 4 heteroatoms. The van der Waals surface area contributed by atoms with E-state index < -0.39 is 5.54 Å². The van der Waals surface area contributed by atoms with Crippen LogP contribution in [0.5, 0.6) is 0 Å². The molecule has 2 aliphatic rings. The number of hydrogen-bond donors (Lipinski definition) is 1. The first-order chi connectivity index (χ1) is 10.0. The monoisotopic (exact) mass is 294 g/mol. The van der Waals surface area contributed by atoms with Gasteiger partial charge in [0.1, 0.15) is 11.6 Å². The Balaban J connectivity index is 2.22. The van der Waals surface area contributed by atoms with Crippen molar-refractivity contribution in [1.82, 2.24) is 10.2 Å². The highest BCUT2D eigenvalue weighted by atomic mass is 16.2. The van der Waals surface area contributed by atoms with Gasteiger partial charge >= 0.3 is 0 Å². The van der Waals surface area contributed by atoms with Crippen LogP contribution in [0.1, 0.15) is 72.1 Å². The molecule has 2 amide bonds. The summed E-state index contributed by atoms with van der Waals surface area (Å²) in [6, 6.07) is -0.303. The van der Waals surface area contributed by atoms with Gasteiger partial charge in [0, 0.05) is 6.54 Å². The minimum Gasteiger partial charge on any atom is -0.342 e. The first kappa shape index (κ1) is 16.3. The number of hydrogen-bond acceptors (Lipinski definition) is 2. The molecule has 1 saturated heterocycles. The topological polar surface area (TPSA) is 49.4 Å². The van der Waals surface area contributed by atoms with Gasteiger partial charge in [0.2, 0.25) is 11.8 Å². The maximum Gasteiger partial charge on any atom is 0.246 e. The van der Waals surface area contributed by atoms with E-state index in [1.165, 1.54) is 0 Å². The number of nitrogens with zero attached hydrogens (tertiary/aromatic N) is 1. The van der Waals surface area contributed by atoms with Crippen LogP contribution in [0.15, 0.2) is 0 Å². The number of piperazine rings is 1. The van der Waals surface area contributed by atoms with Gasteiger partial charge in [0.25, 0.3) is 0 Å². The van der Waals surface area contributed by atoms with E-state index in [9.17, 15) is 9.59 Å². The number of carbonyl (C=O) groups is 2. The quantitative estimate of drug-likeness (QED) is 0.819. The summed E-state index contributed by atoms with van der Waals surface area (Å²) in [5, 5.41) is 3.00. The molecule has 2 unspecified atom stereocenters. The summed E-state index contributed by atoms with van der Waals surface area (Å²) in [5.74, 6) is 0.715. The minimum atomic E-state index is -0.538. The Morgan fingerprint density at radius 1 is 1.24 bits per heavy atom. The molecule has 2 fully saturated rings. The van der Waals surface area contributed by atoms with Crippen LogP contribution in [0, 0.1) is 5.92 Å². The summed E-state index contributed by atoms with van der Waals surface area (Å²) in [5.41, 5.74) is -0.538. The summed E-state index contributed by atoms with van der Waals surface area (Å²) in [6.07, 6.45) is 7.68. The second kappa shape index (κ2) is 6.80. The van der Waals surface area contributed by atoms with Crippen LogP contribution in [0.25, 0.3) is 0 Å². The fourth-order valence-electron chi connectivity index (χ4n) is 3.98. The Morgan fingerprint density at radius 3 is 2.48 bits per heavy atom. The average molecular weight is 294 g/mol. The van der Waals surface area contributed by atoms with Crippen LogP contribution in [0.4, 0.5) is 0 Å². The third-order valence-corrected chi connectivity index (χ3v) is 5.09. The molecule has 0 aromatic heterocycles. The van der Waals surface area contributed by atoms with Gasteiger partial charge in [-0.3, -0.25) is 9.59 Å². The van der Waals surface area contributed by atoms with E-state index in [-0.39, 0.29) is 17.9 Å². The van der Waals surface area contributed by atoms with E-state index in [0.717, 1.165) is 57.9 Å². The van der Waals surface area contributed by atoms with E-state index in [0.29, 0.717) is 5.92 Å². The van der Waals surface area contributed by atoms with Gasteiger partial charge in [0.05, 0.1) is 0 Å². The average Bonchev–Trinajstić information content (AvgIpc) is 2.93. The highest BCUT2D eigenvalue weighted by Gasteiger charge is 2.53. The zero-order chi connectivity index (χ0) is 15.5. The van der Waals surface area contributed by atoms with Crippen molar-refractivity contribution >= 4 is 11.8 Å². The maximum absolute atomic E-state index is 12.9. The molecule has 21 heavy (non-hydrogen) atoms. The largest absolute Gasteiger partial charge is 0.342 e. The molecule has 2 rings (SSSR count). The van der Waals surface area contributed by atoms with Gasteiger partial charge in [-0.05, 0) is 31.6 Å². The van der Waals surface area contributed by atoms with Gasteiger partial charge in [-0.25, -0.2) is 0 Å². The van der Waals surface area contributed by atoms with Gasteiger partial charge in [-0.15, -0.1) is 0 Å². The Morgan fingerprint density at radius 2 is 1.90 bits per heavy atom. The molecule has 2 atom stereocenters. The maximum atomic E-state index is 12.9. The molecule has 120 valence electrons. The highest BCUT2D eigenvalue weighted by molar-refractivity contribution is 6.00. The van der Waals surface area contributed by atoms with E-state index in [1.54, 1.807) is 0 Å². The molecule has 0 bridgehead atoms. The zero-order valence-electron chi connectivity index (χ0n) is 13.8. The Labute approximate surface area is 128 Å². The van der Waals surface area contributed by atoms with Crippen molar-refractivity contribution in [1.29, 1.82) is 0 Å². The minimum absolute atomic E-state index is 0.0988. The summed E-state index contributed by atoms with van der Waals surface area (Å²) >= 11 is 0. The number of carbonyl (C=O) groups excluding carboxylic acids is 2. The molecule has 1 N–H and O–H groups in total. The van der Waals surface area contributed by atoms with Crippen LogP contribution in [0.2, 0.25) is 0 Å². The predicted molar refractivity (Wildman–Crippen MR) is 83.8 cm³/mol. The Bertz CT molecular complexity index is 388. The van der Waals surface area contributed by atoms with Crippen LogP contribution < -0.4 is 5.32 Å². The smallest absolute Gasteiger partial charge is 0.246 e. The second-order valence-corrected chi connectivity index (χ2v) is 6.90. The van der Waals surface area contributed by atoms with Crippen molar-refractivity contribution in [2.75, 3.05) is 6.54 Å². The summed E-state index contributed by atoms with van der Waals surface area (Å²) < 4.78 is 0. The van der Waals surface area contributed by atoms with Crippen molar-refractivity contribution in [3.05, 3.63) is 0 Å². The molecule has 1 aliphatic heterocycles. The normalized spacial score (nSPS) is 26.2. The molecule has 1 heterocycles. The highest BCUT2D eigenvalue weighted by Crippen LogP contribution is 2.39. The van der Waals surface area contributed by atoms with E-state index in [1.807, 2.05) is 4.90 Å². The summed E-state index contributed by atoms with van der Waals surface area (Å²) in [4.78, 5) is 27.5. The van der Waals surface area contributed by atoms with E-state index >= 15 is 0 Å². The van der Waals surface area contributed by atoms with Crippen molar-refractivity contribution < 1.29 is 9.59 Å². The third-order valence-electron chi connectivity index (χ3n) is 5.09. The molecule has 1 saturated carbocycles. The molecule has 0 aromatic rings. The summed E-state index contributed by atoms with van der Waals surface area (Å²) in [6.45, 7) is 7.16. The van der Waals surface area contributed by atoms with E-state index in [4.69, 9.17) is 0 Å². The van der Waals surface area contributed by atoms with Crippen LogP contribution in [-0.4, -0.2) is 34.8 Å². The first-order valence-corrected chi connectivity index (χ1v) is 8.67. The molecule has 0 aromatic carbocycles. The van der Waals surface area contributed by atoms with Crippen LogP contribution >= 0.6 is 0 Å². The fourth-order valence-corrected chi connectivity index (χ4v) is 3.98. The number of nitrogens with one attached hydrogen (secondary N) is 1. The van der Waals surface area contributed by atoms with Crippen LogP contribution in [-0.2, 0) is 9.59 Å². The van der Waals surface area contributed by atoms with Gasteiger partial charge in [-0.1, -0.05) is 46.5 Å². The SMILES string of the molecule is CCCC(C)CN1C(=O)C(CCC)NC(=O)C12CCCC2. The van der Waals surface area contributed by atoms with E-state index in [2.05, 4.69) is 26.1 Å². The lowest BCUT2D eigenvalue weighted by atomic mass is 9.87. The van der Waals surface area contributed by atoms with Crippen molar-refractivity contribution in [2.24, 2.45) is 5.92 Å². The molecule has 4 nitrogen and oxygen atoms in total. The standard InChI is InChI=1S/C17H30N2O2/c1-4-8-13(3)12-19-15(20)14(9-5-2)18-16(21)17(19)10-6-7-11-17/h13-14H,4-12H2,1-3H3,(H,18,21). The van der Waals surface area contributed by atoms with Crippen molar-refractivity contribution in [3.8, 4) is 0 Å². The number of amides is 2. The summed E-state index contributed by atoms with van der Waals surface area (Å²) in [7, 11) is 0. The van der Waals surface area contributed by atoms with Crippen molar-refractivity contribution in [2.45, 2.75) is 83.7 Å². The molecule has 0 radical (unpaired) electrons. The molecule has 1 spiro atoms. The van der Waals surface area contributed by atoms with Gasteiger partial charge in [0.15, 0.2) is 0 Å². The van der Waals surface area contributed by atoms with Gasteiger partial charge < -0.3 is 10.2 Å². The van der Waals surface area contributed by atoms with Crippen LogP contribution in [0.3, 0.4) is 0 Å². The lowest BCUT2D eigenvalue weighted by Crippen LogP contribution is -2.70. The molecule has 1 aliphatic carbocycles. The predicted octanol–water partition coefficient (Wildman–Crippen LogP) is 2.86.